The number of nitrogens with zero attached hydrogens (tertiary/aromatic N) is 1. The molecule has 1 N–H and O–H groups in total. The van der Waals surface area contributed by atoms with Gasteiger partial charge in [-0.15, -0.1) is 0 Å². The lowest BCUT2D eigenvalue weighted by atomic mass is 10.0. The molecule has 1 aliphatic rings. The van der Waals surface area contributed by atoms with Gasteiger partial charge in [0.05, 0.1) is 16.2 Å². The first-order chi connectivity index (χ1) is 8.84. The van der Waals surface area contributed by atoms with Crippen LogP contribution in [0.1, 0.15) is 19.3 Å². The molecule has 1 atom stereocenters. The van der Waals surface area contributed by atoms with Gasteiger partial charge in [-0.25, -0.2) is 0 Å². The SMILES string of the molecule is Clc1ccc(NC2C=CCCC2)c2ncccc12. The molecular weight excluding hydrogens is 244 g/mol. The van der Waals surface area contributed by atoms with Gasteiger partial charge in [0.1, 0.15) is 0 Å². The molecule has 1 aromatic carbocycles. The molecule has 0 saturated carbocycles. The van der Waals surface area contributed by atoms with E-state index in [0.29, 0.717) is 6.04 Å². The molecule has 1 heterocycles. The van der Waals surface area contributed by atoms with Gasteiger partial charge in [0.2, 0.25) is 0 Å². The molecule has 2 aromatic rings. The van der Waals surface area contributed by atoms with Crippen LogP contribution < -0.4 is 5.32 Å². The Balaban J connectivity index is 1.99. The molecule has 1 aliphatic carbocycles. The summed E-state index contributed by atoms with van der Waals surface area (Å²) in [6.45, 7) is 0. The van der Waals surface area contributed by atoms with E-state index in [4.69, 9.17) is 11.6 Å². The molecule has 0 bridgehead atoms. The van der Waals surface area contributed by atoms with Crippen molar-refractivity contribution in [1.82, 2.24) is 4.98 Å². The Labute approximate surface area is 112 Å². The number of hydrogen-bond donors (Lipinski definition) is 1. The monoisotopic (exact) mass is 258 g/mol. The summed E-state index contributed by atoms with van der Waals surface area (Å²) in [6.07, 6.45) is 9.90. The van der Waals surface area contributed by atoms with Crippen LogP contribution in [0, 0.1) is 0 Å². The largest absolute Gasteiger partial charge is 0.377 e. The minimum atomic E-state index is 0.408. The van der Waals surface area contributed by atoms with Crippen molar-refractivity contribution in [2.45, 2.75) is 25.3 Å². The van der Waals surface area contributed by atoms with Crippen LogP contribution >= 0.6 is 11.6 Å². The summed E-state index contributed by atoms with van der Waals surface area (Å²) >= 11 is 6.19. The number of hydrogen-bond acceptors (Lipinski definition) is 2. The Bertz CT molecular complexity index is 592. The topological polar surface area (TPSA) is 24.9 Å². The number of aromatic nitrogens is 1. The van der Waals surface area contributed by atoms with Crippen LogP contribution in [0.5, 0.6) is 0 Å². The summed E-state index contributed by atoms with van der Waals surface area (Å²) in [5.41, 5.74) is 2.01. The minimum absolute atomic E-state index is 0.408. The Hall–Kier alpha value is -1.54. The van der Waals surface area contributed by atoms with Crippen LogP contribution in [0.2, 0.25) is 5.02 Å². The first kappa shape index (κ1) is 11.5. The molecule has 1 unspecified atom stereocenters. The minimum Gasteiger partial charge on any atom is -0.377 e. The maximum absolute atomic E-state index is 6.19. The molecule has 1 aromatic heterocycles. The van der Waals surface area contributed by atoms with Crippen LogP contribution in [0.15, 0.2) is 42.6 Å². The Morgan fingerprint density at radius 3 is 3.06 bits per heavy atom. The van der Waals surface area contributed by atoms with Gasteiger partial charge >= 0.3 is 0 Å². The molecule has 3 heteroatoms. The number of pyridine rings is 1. The first-order valence-corrected chi connectivity index (χ1v) is 6.69. The second kappa shape index (κ2) is 4.99. The summed E-state index contributed by atoms with van der Waals surface area (Å²) in [4.78, 5) is 4.44. The lowest BCUT2D eigenvalue weighted by Crippen LogP contribution is -2.18. The van der Waals surface area contributed by atoms with E-state index >= 15 is 0 Å². The highest BCUT2D eigenvalue weighted by molar-refractivity contribution is 6.35. The van der Waals surface area contributed by atoms with Crippen molar-refractivity contribution in [2.24, 2.45) is 0 Å². The van der Waals surface area contributed by atoms with Gasteiger partial charge in [0, 0.05) is 17.6 Å². The zero-order chi connectivity index (χ0) is 12.4. The average molecular weight is 259 g/mol. The normalized spacial score (nSPS) is 19.1. The lowest BCUT2D eigenvalue weighted by Gasteiger charge is -2.20. The highest BCUT2D eigenvalue weighted by Crippen LogP contribution is 2.29. The van der Waals surface area contributed by atoms with Gasteiger partial charge in [-0.3, -0.25) is 4.98 Å². The number of nitrogens with one attached hydrogen (secondary N) is 1. The maximum Gasteiger partial charge on any atom is 0.0948 e. The highest BCUT2D eigenvalue weighted by atomic mass is 35.5. The van der Waals surface area contributed by atoms with Gasteiger partial charge in [-0.05, 0) is 43.5 Å². The molecular formula is C15H15ClN2. The third-order valence-electron chi connectivity index (χ3n) is 3.31. The number of rotatable bonds is 2. The van der Waals surface area contributed by atoms with E-state index < -0.39 is 0 Å². The zero-order valence-corrected chi connectivity index (χ0v) is 10.8. The molecule has 2 nitrogen and oxygen atoms in total. The van der Waals surface area contributed by atoms with Crippen LogP contribution in [-0.2, 0) is 0 Å². The smallest absolute Gasteiger partial charge is 0.0948 e. The molecule has 0 amide bonds. The van der Waals surface area contributed by atoms with Crippen molar-refractivity contribution in [2.75, 3.05) is 5.32 Å². The van der Waals surface area contributed by atoms with Crippen molar-refractivity contribution in [3.05, 3.63) is 47.6 Å². The fraction of sp³-hybridized carbons (Fsp3) is 0.267. The Morgan fingerprint density at radius 1 is 1.28 bits per heavy atom. The number of allylic oxidation sites excluding steroid dienone is 1. The fourth-order valence-corrected chi connectivity index (χ4v) is 2.60. The molecule has 0 radical (unpaired) electrons. The summed E-state index contributed by atoms with van der Waals surface area (Å²) in [5.74, 6) is 0. The number of benzene rings is 1. The average Bonchev–Trinajstić information content (AvgIpc) is 2.44. The lowest BCUT2D eigenvalue weighted by molar-refractivity contribution is 0.674. The molecule has 0 fully saturated rings. The second-order valence-electron chi connectivity index (χ2n) is 4.60. The fourth-order valence-electron chi connectivity index (χ4n) is 2.39. The van der Waals surface area contributed by atoms with Crippen molar-refractivity contribution >= 4 is 28.2 Å². The van der Waals surface area contributed by atoms with Gasteiger partial charge < -0.3 is 5.32 Å². The molecule has 18 heavy (non-hydrogen) atoms. The third-order valence-corrected chi connectivity index (χ3v) is 3.64. The maximum atomic E-state index is 6.19. The Morgan fingerprint density at radius 2 is 2.22 bits per heavy atom. The van der Waals surface area contributed by atoms with E-state index in [1.807, 2.05) is 24.3 Å². The molecule has 0 spiro atoms. The van der Waals surface area contributed by atoms with Crippen molar-refractivity contribution in [3.63, 3.8) is 0 Å². The Kier molecular flexibility index (Phi) is 3.20. The molecule has 92 valence electrons. The van der Waals surface area contributed by atoms with Crippen molar-refractivity contribution in [1.29, 1.82) is 0 Å². The van der Waals surface area contributed by atoms with E-state index in [2.05, 4.69) is 22.5 Å². The number of anilines is 1. The van der Waals surface area contributed by atoms with Gasteiger partial charge in [0.15, 0.2) is 0 Å². The molecule has 3 rings (SSSR count). The zero-order valence-electron chi connectivity index (χ0n) is 10.1. The van der Waals surface area contributed by atoms with Crippen LogP contribution in [-0.4, -0.2) is 11.0 Å². The molecule has 0 aliphatic heterocycles. The summed E-state index contributed by atoms with van der Waals surface area (Å²) in [6, 6.07) is 8.27. The summed E-state index contributed by atoms with van der Waals surface area (Å²) in [7, 11) is 0. The van der Waals surface area contributed by atoms with E-state index in [1.165, 1.54) is 19.3 Å². The number of fused-ring (bicyclic) bond motifs is 1. The van der Waals surface area contributed by atoms with Crippen molar-refractivity contribution in [3.8, 4) is 0 Å². The number of halogens is 1. The predicted octanol–water partition coefficient (Wildman–Crippen LogP) is 4.41. The van der Waals surface area contributed by atoms with Crippen LogP contribution in [0.3, 0.4) is 0 Å². The highest BCUT2D eigenvalue weighted by Gasteiger charge is 2.11. The predicted molar refractivity (Wildman–Crippen MR) is 77.2 cm³/mol. The standard InChI is InChI=1S/C15H15ClN2/c16-13-8-9-14(15-12(13)7-4-10-17-15)18-11-5-2-1-3-6-11/h2,4-5,7-11,18H,1,3,6H2. The van der Waals surface area contributed by atoms with Gasteiger partial charge in [0.25, 0.3) is 0 Å². The molecule has 0 saturated heterocycles. The van der Waals surface area contributed by atoms with Crippen LogP contribution in [0.25, 0.3) is 10.9 Å². The van der Waals surface area contributed by atoms with E-state index in [-0.39, 0.29) is 0 Å². The summed E-state index contributed by atoms with van der Waals surface area (Å²) in [5, 5.41) is 5.30. The van der Waals surface area contributed by atoms with E-state index in [1.54, 1.807) is 6.20 Å². The second-order valence-corrected chi connectivity index (χ2v) is 5.01. The summed E-state index contributed by atoms with van der Waals surface area (Å²) < 4.78 is 0. The first-order valence-electron chi connectivity index (χ1n) is 6.31. The van der Waals surface area contributed by atoms with Gasteiger partial charge in [-0.2, -0.15) is 0 Å². The third kappa shape index (κ3) is 2.21. The van der Waals surface area contributed by atoms with Crippen LogP contribution in [0.4, 0.5) is 5.69 Å². The van der Waals surface area contributed by atoms with Gasteiger partial charge in [-0.1, -0.05) is 23.8 Å². The van der Waals surface area contributed by atoms with E-state index in [0.717, 1.165) is 21.6 Å². The quantitative estimate of drug-likeness (QED) is 0.807. The van der Waals surface area contributed by atoms with E-state index in [9.17, 15) is 0 Å². The van der Waals surface area contributed by atoms with Crippen molar-refractivity contribution < 1.29 is 0 Å².